The molecule has 0 radical (unpaired) electrons. The second-order valence-corrected chi connectivity index (χ2v) is 4.29. The molecule has 0 aliphatic rings. The Hall–Kier alpha value is -1.42. The van der Waals surface area contributed by atoms with Crippen LogP contribution in [0.5, 0.6) is 0 Å². The van der Waals surface area contributed by atoms with E-state index in [1.165, 1.54) is 0 Å². The predicted molar refractivity (Wildman–Crippen MR) is 72.3 cm³/mol. The fraction of sp³-hybridized carbons (Fsp3) is 0.214. The van der Waals surface area contributed by atoms with Crippen molar-refractivity contribution >= 4 is 11.6 Å². The van der Waals surface area contributed by atoms with E-state index >= 15 is 0 Å². The SMILES string of the molecule is NCC(OCc1ccccc1Cl)c1ccccn1. The van der Waals surface area contributed by atoms with Gasteiger partial charge in [-0.2, -0.15) is 0 Å². The molecule has 0 saturated carbocycles. The van der Waals surface area contributed by atoms with E-state index in [0.717, 1.165) is 11.3 Å². The molecule has 2 rings (SSSR count). The number of nitrogens with two attached hydrogens (primary N) is 1. The maximum Gasteiger partial charge on any atom is 0.112 e. The van der Waals surface area contributed by atoms with Gasteiger partial charge in [-0.1, -0.05) is 35.9 Å². The van der Waals surface area contributed by atoms with Crippen LogP contribution >= 0.6 is 11.6 Å². The monoisotopic (exact) mass is 262 g/mol. The van der Waals surface area contributed by atoms with Crippen molar-refractivity contribution in [1.29, 1.82) is 0 Å². The van der Waals surface area contributed by atoms with Gasteiger partial charge in [-0.15, -0.1) is 0 Å². The number of pyridine rings is 1. The summed E-state index contributed by atoms with van der Waals surface area (Å²) in [5.41, 5.74) is 7.50. The minimum Gasteiger partial charge on any atom is -0.366 e. The fourth-order valence-corrected chi connectivity index (χ4v) is 1.84. The number of hydrogen-bond donors (Lipinski definition) is 1. The van der Waals surface area contributed by atoms with E-state index in [-0.39, 0.29) is 6.10 Å². The van der Waals surface area contributed by atoms with Crippen LogP contribution in [-0.2, 0) is 11.3 Å². The highest BCUT2D eigenvalue weighted by Crippen LogP contribution is 2.20. The number of halogens is 1. The molecule has 0 amide bonds. The zero-order chi connectivity index (χ0) is 12.8. The van der Waals surface area contributed by atoms with Gasteiger partial charge in [-0.05, 0) is 23.8 Å². The lowest BCUT2D eigenvalue weighted by atomic mass is 10.2. The number of aromatic nitrogens is 1. The summed E-state index contributed by atoms with van der Waals surface area (Å²) in [6, 6.07) is 13.3. The average Bonchev–Trinajstić information content (AvgIpc) is 2.42. The summed E-state index contributed by atoms with van der Waals surface area (Å²) in [6.07, 6.45) is 1.53. The van der Waals surface area contributed by atoms with Crippen LogP contribution in [0.4, 0.5) is 0 Å². The summed E-state index contributed by atoms with van der Waals surface area (Å²) in [4.78, 5) is 4.25. The molecule has 0 fully saturated rings. The highest BCUT2D eigenvalue weighted by molar-refractivity contribution is 6.31. The average molecular weight is 263 g/mol. The maximum absolute atomic E-state index is 6.07. The van der Waals surface area contributed by atoms with Crippen LogP contribution in [0.3, 0.4) is 0 Å². The van der Waals surface area contributed by atoms with Crippen molar-refractivity contribution in [2.24, 2.45) is 5.73 Å². The van der Waals surface area contributed by atoms with Crippen LogP contribution in [0.25, 0.3) is 0 Å². The molecule has 0 aliphatic carbocycles. The van der Waals surface area contributed by atoms with Crippen molar-refractivity contribution in [3.8, 4) is 0 Å². The topological polar surface area (TPSA) is 48.1 Å². The van der Waals surface area contributed by atoms with Gasteiger partial charge in [0.1, 0.15) is 6.10 Å². The summed E-state index contributed by atoms with van der Waals surface area (Å²) in [7, 11) is 0. The first-order valence-electron chi connectivity index (χ1n) is 5.77. The third-order valence-electron chi connectivity index (χ3n) is 2.63. The molecule has 1 atom stereocenters. The Labute approximate surface area is 112 Å². The molecule has 0 spiro atoms. The molecule has 0 saturated heterocycles. The van der Waals surface area contributed by atoms with Crippen LogP contribution < -0.4 is 5.73 Å². The number of hydrogen-bond acceptors (Lipinski definition) is 3. The largest absolute Gasteiger partial charge is 0.366 e. The van der Waals surface area contributed by atoms with Crippen molar-refractivity contribution in [3.63, 3.8) is 0 Å². The molecule has 1 aromatic heterocycles. The van der Waals surface area contributed by atoms with Crippen molar-refractivity contribution in [1.82, 2.24) is 4.98 Å². The van der Waals surface area contributed by atoms with Gasteiger partial charge in [0.2, 0.25) is 0 Å². The van der Waals surface area contributed by atoms with Gasteiger partial charge in [0.25, 0.3) is 0 Å². The Bertz CT molecular complexity index is 490. The Morgan fingerprint density at radius 1 is 1.17 bits per heavy atom. The smallest absolute Gasteiger partial charge is 0.112 e. The van der Waals surface area contributed by atoms with Gasteiger partial charge in [0, 0.05) is 17.8 Å². The first-order chi connectivity index (χ1) is 8.81. The zero-order valence-electron chi connectivity index (χ0n) is 9.92. The Morgan fingerprint density at radius 2 is 1.94 bits per heavy atom. The Morgan fingerprint density at radius 3 is 2.61 bits per heavy atom. The normalized spacial score (nSPS) is 12.3. The standard InChI is InChI=1S/C14H15ClN2O/c15-12-6-2-1-5-11(12)10-18-14(9-16)13-7-3-4-8-17-13/h1-8,14H,9-10,16H2. The first-order valence-corrected chi connectivity index (χ1v) is 6.15. The molecule has 1 aromatic carbocycles. The maximum atomic E-state index is 6.07. The molecule has 18 heavy (non-hydrogen) atoms. The Kier molecular flexibility index (Phi) is 4.70. The summed E-state index contributed by atoms with van der Waals surface area (Å²) < 4.78 is 5.77. The highest BCUT2D eigenvalue weighted by atomic mass is 35.5. The van der Waals surface area contributed by atoms with Crippen LogP contribution in [-0.4, -0.2) is 11.5 Å². The summed E-state index contributed by atoms with van der Waals surface area (Å²) in [5.74, 6) is 0. The zero-order valence-corrected chi connectivity index (χ0v) is 10.7. The van der Waals surface area contributed by atoms with E-state index in [0.29, 0.717) is 18.2 Å². The number of benzene rings is 1. The van der Waals surface area contributed by atoms with Gasteiger partial charge in [0.05, 0.1) is 12.3 Å². The number of nitrogens with zero attached hydrogens (tertiary/aromatic N) is 1. The van der Waals surface area contributed by atoms with E-state index in [9.17, 15) is 0 Å². The van der Waals surface area contributed by atoms with Gasteiger partial charge < -0.3 is 10.5 Å². The second-order valence-electron chi connectivity index (χ2n) is 3.88. The van der Waals surface area contributed by atoms with Crippen molar-refractivity contribution < 1.29 is 4.74 Å². The molecular formula is C14H15ClN2O. The van der Waals surface area contributed by atoms with E-state index in [1.807, 2.05) is 42.5 Å². The molecular weight excluding hydrogens is 248 g/mol. The van der Waals surface area contributed by atoms with Crippen LogP contribution in [0.2, 0.25) is 5.02 Å². The first kappa shape index (κ1) is 13.0. The lowest BCUT2D eigenvalue weighted by Gasteiger charge is -2.15. The quantitative estimate of drug-likeness (QED) is 0.901. The van der Waals surface area contributed by atoms with Crippen LogP contribution in [0.15, 0.2) is 48.7 Å². The van der Waals surface area contributed by atoms with E-state index < -0.39 is 0 Å². The minimum atomic E-state index is -0.206. The molecule has 2 aromatic rings. The third kappa shape index (κ3) is 3.29. The minimum absolute atomic E-state index is 0.206. The molecule has 2 N–H and O–H groups in total. The van der Waals surface area contributed by atoms with Crippen LogP contribution in [0, 0.1) is 0 Å². The highest BCUT2D eigenvalue weighted by Gasteiger charge is 2.11. The molecule has 0 bridgehead atoms. The lowest BCUT2D eigenvalue weighted by molar-refractivity contribution is 0.0429. The van der Waals surface area contributed by atoms with Gasteiger partial charge >= 0.3 is 0 Å². The summed E-state index contributed by atoms with van der Waals surface area (Å²) in [6.45, 7) is 0.819. The van der Waals surface area contributed by atoms with Gasteiger partial charge in [-0.3, -0.25) is 4.98 Å². The Balaban J connectivity index is 2.02. The van der Waals surface area contributed by atoms with Gasteiger partial charge in [0.15, 0.2) is 0 Å². The molecule has 4 heteroatoms. The second kappa shape index (κ2) is 6.50. The van der Waals surface area contributed by atoms with Crippen molar-refractivity contribution in [3.05, 3.63) is 64.9 Å². The fourth-order valence-electron chi connectivity index (χ4n) is 1.65. The number of ether oxygens (including phenoxy) is 1. The molecule has 3 nitrogen and oxygen atoms in total. The molecule has 1 heterocycles. The van der Waals surface area contributed by atoms with Gasteiger partial charge in [-0.25, -0.2) is 0 Å². The number of rotatable bonds is 5. The van der Waals surface area contributed by atoms with E-state index in [1.54, 1.807) is 6.20 Å². The predicted octanol–water partition coefficient (Wildman–Crippen LogP) is 2.95. The summed E-state index contributed by atoms with van der Waals surface area (Å²) >= 11 is 6.07. The van der Waals surface area contributed by atoms with E-state index in [4.69, 9.17) is 22.1 Å². The van der Waals surface area contributed by atoms with E-state index in [2.05, 4.69) is 4.98 Å². The van der Waals surface area contributed by atoms with Crippen LogP contribution in [0.1, 0.15) is 17.4 Å². The lowest BCUT2D eigenvalue weighted by Crippen LogP contribution is -2.17. The van der Waals surface area contributed by atoms with Crippen molar-refractivity contribution in [2.75, 3.05) is 6.54 Å². The van der Waals surface area contributed by atoms with Crippen molar-refractivity contribution in [2.45, 2.75) is 12.7 Å². The third-order valence-corrected chi connectivity index (χ3v) is 3.00. The molecule has 1 unspecified atom stereocenters. The molecule has 0 aliphatic heterocycles. The summed E-state index contributed by atoms with van der Waals surface area (Å²) in [5, 5.41) is 0.703. The molecule has 94 valence electrons.